The molecule has 0 atom stereocenters. The minimum atomic E-state index is 0.186. The van der Waals surface area contributed by atoms with E-state index in [4.69, 9.17) is 26.1 Å². The molecule has 3 heterocycles. The van der Waals surface area contributed by atoms with Gasteiger partial charge in [0.15, 0.2) is 0 Å². The van der Waals surface area contributed by atoms with Crippen LogP contribution in [0.2, 0.25) is 5.02 Å². The number of benzene rings is 3. The fraction of sp³-hybridized carbons (Fsp3) is 0.241. The normalized spacial score (nSPS) is 13.4. The Morgan fingerprint density at radius 2 is 1.63 bits per heavy atom. The molecular weight excluding hydrogens is 544 g/mol. The predicted molar refractivity (Wildman–Crippen MR) is 162 cm³/mol. The van der Waals surface area contributed by atoms with Crippen molar-refractivity contribution in [3.8, 4) is 11.5 Å². The van der Waals surface area contributed by atoms with Crippen molar-refractivity contribution < 1.29 is 14.6 Å². The van der Waals surface area contributed by atoms with E-state index in [0.29, 0.717) is 62.3 Å². The first-order chi connectivity index (χ1) is 20.1. The van der Waals surface area contributed by atoms with Gasteiger partial charge < -0.3 is 35.4 Å². The standard InChI is InChI=1S/C29H29ClN8O3/c1-40-21-7-9-24-23(17-21)26(22-8-2-18(30)16-25(22)34-24)31-10-11-32-27-35-28(33-19-3-5-20(39)6-4-19)37-29(36-27)38-12-14-41-15-13-38/h2-9,16-17,39H,10-15H2,1H3,(H,31,34)(H2,32,33,35,36,37). The lowest BCUT2D eigenvalue weighted by Crippen LogP contribution is -2.37. The molecule has 0 spiro atoms. The summed E-state index contributed by atoms with van der Waals surface area (Å²) in [6.07, 6.45) is 0. The molecule has 0 unspecified atom stereocenters. The van der Waals surface area contributed by atoms with Gasteiger partial charge in [0, 0.05) is 47.7 Å². The Labute approximate surface area is 241 Å². The van der Waals surface area contributed by atoms with E-state index in [1.807, 2.05) is 36.4 Å². The lowest BCUT2D eigenvalue weighted by atomic mass is 10.1. The van der Waals surface area contributed by atoms with E-state index in [2.05, 4.69) is 35.8 Å². The molecule has 1 fully saturated rings. The SMILES string of the molecule is COc1ccc2nc3cc(Cl)ccc3c(NCCNc3nc(Nc4ccc(O)cc4)nc(N4CCOCC4)n3)c2c1. The number of phenolic OH excluding ortho intramolecular Hbond substituents is 1. The van der Waals surface area contributed by atoms with Crippen LogP contribution in [0.25, 0.3) is 21.8 Å². The van der Waals surface area contributed by atoms with Gasteiger partial charge in [-0.3, -0.25) is 0 Å². The summed E-state index contributed by atoms with van der Waals surface area (Å²) in [5.41, 5.74) is 3.35. The third-order valence-corrected chi connectivity index (χ3v) is 6.93. The molecule has 12 heteroatoms. The summed E-state index contributed by atoms with van der Waals surface area (Å²) >= 11 is 6.27. The van der Waals surface area contributed by atoms with Crippen LogP contribution in [-0.2, 0) is 4.74 Å². The number of hydrogen-bond acceptors (Lipinski definition) is 11. The van der Waals surface area contributed by atoms with Crippen molar-refractivity contribution in [2.75, 3.05) is 67.4 Å². The van der Waals surface area contributed by atoms with E-state index < -0.39 is 0 Å². The smallest absolute Gasteiger partial charge is 0.233 e. The van der Waals surface area contributed by atoms with Crippen molar-refractivity contribution in [1.29, 1.82) is 0 Å². The second-order valence-electron chi connectivity index (χ2n) is 9.44. The zero-order chi connectivity index (χ0) is 28.2. The van der Waals surface area contributed by atoms with Gasteiger partial charge in [-0.1, -0.05) is 11.6 Å². The lowest BCUT2D eigenvalue weighted by Gasteiger charge is -2.27. The molecule has 6 rings (SSSR count). The van der Waals surface area contributed by atoms with Crippen LogP contribution in [0.3, 0.4) is 0 Å². The number of aromatic hydroxyl groups is 1. The molecule has 2 aromatic heterocycles. The number of methoxy groups -OCH3 is 1. The molecule has 5 aromatic rings. The van der Waals surface area contributed by atoms with Crippen LogP contribution in [0, 0.1) is 0 Å². The third kappa shape index (κ3) is 6.11. The molecule has 0 amide bonds. The molecule has 0 bridgehead atoms. The summed E-state index contributed by atoms with van der Waals surface area (Å²) in [6, 6.07) is 18.3. The number of nitrogens with zero attached hydrogens (tertiary/aromatic N) is 5. The minimum Gasteiger partial charge on any atom is -0.508 e. The number of pyridine rings is 1. The van der Waals surface area contributed by atoms with Gasteiger partial charge in [0.25, 0.3) is 0 Å². The maximum atomic E-state index is 9.62. The first kappa shape index (κ1) is 26.6. The van der Waals surface area contributed by atoms with Gasteiger partial charge in [0.2, 0.25) is 17.8 Å². The Hall–Kier alpha value is -4.61. The molecule has 3 aromatic carbocycles. The van der Waals surface area contributed by atoms with Gasteiger partial charge in [-0.2, -0.15) is 15.0 Å². The highest BCUT2D eigenvalue weighted by atomic mass is 35.5. The number of rotatable bonds is 9. The summed E-state index contributed by atoms with van der Waals surface area (Å²) in [5, 5.41) is 22.3. The van der Waals surface area contributed by atoms with Gasteiger partial charge in [-0.05, 0) is 60.7 Å². The van der Waals surface area contributed by atoms with E-state index in [0.717, 1.165) is 38.9 Å². The van der Waals surface area contributed by atoms with Crippen LogP contribution in [0.4, 0.5) is 29.2 Å². The zero-order valence-electron chi connectivity index (χ0n) is 22.4. The number of nitrogens with one attached hydrogen (secondary N) is 3. The number of anilines is 5. The summed E-state index contributed by atoms with van der Waals surface area (Å²) < 4.78 is 11.0. The summed E-state index contributed by atoms with van der Waals surface area (Å²) in [6.45, 7) is 3.73. The van der Waals surface area contributed by atoms with E-state index in [9.17, 15) is 5.11 Å². The van der Waals surface area contributed by atoms with Gasteiger partial charge in [0.1, 0.15) is 11.5 Å². The predicted octanol–water partition coefficient (Wildman–Crippen LogP) is 5.04. The molecule has 1 aliphatic rings. The first-order valence-electron chi connectivity index (χ1n) is 13.3. The Kier molecular flexibility index (Phi) is 7.70. The number of fused-ring (bicyclic) bond motifs is 2. The van der Waals surface area contributed by atoms with Crippen molar-refractivity contribution in [1.82, 2.24) is 19.9 Å². The van der Waals surface area contributed by atoms with E-state index in [1.54, 1.807) is 31.4 Å². The minimum absolute atomic E-state index is 0.186. The van der Waals surface area contributed by atoms with E-state index in [1.165, 1.54) is 0 Å². The van der Waals surface area contributed by atoms with Crippen LogP contribution in [0.5, 0.6) is 11.5 Å². The topological polar surface area (TPSA) is 130 Å². The van der Waals surface area contributed by atoms with Crippen LogP contribution >= 0.6 is 11.6 Å². The van der Waals surface area contributed by atoms with Gasteiger partial charge in [0.05, 0.1) is 37.0 Å². The van der Waals surface area contributed by atoms with Crippen molar-refractivity contribution in [3.63, 3.8) is 0 Å². The highest BCUT2D eigenvalue weighted by molar-refractivity contribution is 6.31. The van der Waals surface area contributed by atoms with Crippen LogP contribution in [0.15, 0.2) is 60.7 Å². The maximum absolute atomic E-state index is 9.62. The average Bonchev–Trinajstić information content (AvgIpc) is 3.00. The number of hydrogen-bond donors (Lipinski definition) is 4. The van der Waals surface area contributed by atoms with E-state index in [-0.39, 0.29) is 5.75 Å². The summed E-state index contributed by atoms with van der Waals surface area (Å²) in [4.78, 5) is 20.8. The quantitative estimate of drug-likeness (QED) is 0.108. The number of ether oxygens (including phenoxy) is 2. The van der Waals surface area contributed by atoms with Gasteiger partial charge in [-0.25, -0.2) is 4.98 Å². The molecular formula is C29H29ClN8O3. The Bertz CT molecular complexity index is 1680. The van der Waals surface area contributed by atoms with E-state index >= 15 is 0 Å². The molecule has 0 aliphatic carbocycles. The number of halogens is 1. The molecule has 1 saturated heterocycles. The number of phenols is 1. The molecule has 0 radical (unpaired) electrons. The number of morpholine rings is 1. The van der Waals surface area contributed by atoms with Crippen molar-refractivity contribution >= 4 is 62.6 Å². The Morgan fingerprint density at radius 1 is 0.854 bits per heavy atom. The first-order valence-corrected chi connectivity index (χ1v) is 13.6. The number of aromatic nitrogens is 4. The highest BCUT2D eigenvalue weighted by Gasteiger charge is 2.17. The Morgan fingerprint density at radius 3 is 2.44 bits per heavy atom. The molecule has 1 aliphatic heterocycles. The van der Waals surface area contributed by atoms with Crippen molar-refractivity contribution in [3.05, 3.63) is 65.7 Å². The van der Waals surface area contributed by atoms with Crippen LogP contribution < -0.4 is 25.6 Å². The van der Waals surface area contributed by atoms with Crippen LogP contribution in [-0.4, -0.2) is 71.5 Å². The van der Waals surface area contributed by atoms with Gasteiger partial charge >= 0.3 is 0 Å². The van der Waals surface area contributed by atoms with Crippen molar-refractivity contribution in [2.45, 2.75) is 0 Å². The molecule has 41 heavy (non-hydrogen) atoms. The monoisotopic (exact) mass is 572 g/mol. The average molecular weight is 573 g/mol. The summed E-state index contributed by atoms with van der Waals surface area (Å²) in [7, 11) is 1.65. The lowest BCUT2D eigenvalue weighted by molar-refractivity contribution is 0.122. The summed E-state index contributed by atoms with van der Waals surface area (Å²) in [5.74, 6) is 2.35. The second-order valence-corrected chi connectivity index (χ2v) is 9.88. The largest absolute Gasteiger partial charge is 0.508 e. The van der Waals surface area contributed by atoms with Crippen LogP contribution in [0.1, 0.15) is 0 Å². The molecule has 0 saturated carbocycles. The fourth-order valence-corrected chi connectivity index (χ4v) is 4.82. The fourth-order valence-electron chi connectivity index (χ4n) is 4.65. The maximum Gasteiger partial charge on any atom is 0.233 e. The molecule has 4 N–H and O–H groups in total. The van der Waals surface area contributed by atoms with Crippen molar-refractivity contribution in [2.24, 2.45) is 0 Å². The Balaban J connectivity index is 1.23. The second kappa shape index (κ2) is 11.9. The third-order valence-electron chi connectivity index (χ3n) is 6.69. The zero-order valence-corrected chi connectivity index (χ0v) is 23.1. The highest BCUT2D eigenvalue weighted by Crippen LogP contribution is 2.34. The van der Waals surface area contributed by atoms with Gasteiger partial charge in [-0.15, -0.1) is 0 Å². The molecule has 210 valence electrons. The molecule has 11 nitrogen and oxygen atoms in total.